The molecule has 6 heteroatoms. The van der Waals surface area contributed by atoms with E-state index in [0.29, 0.717) is 17.2 Å². The topological polar surface area (TPSA) is 58.6 Å². The van der Waals surface area contributed by atoms with Crippen LogP contribution < -0.4 is 15.0 Å². The van der Waals surface area contributed by atoms with Gasteiger partial charge in [0.25, 0.3) is 11.8 Å². The summed E-state index contributed by atoms with van der Waals surface area (Å²) in [5.74, 6) is 0.369. The maximum atomic E-state index is 13.2. The van der Waals surface area contributed by atoms with E-state index in [9.17, 15) is 9.59 Å². The number of anilines is 1. The third-order valence-electron chi connectivity index (χ3n) is 4.91. The van der Waals surface area contributed by atoms with Gasteiger partial charge in [0, 0.05) is 0 Å². The molecule has 0 spiro atoms. The molecule has 31 heavy (non-hydrogen) atoms. The zero-order chi connectivity index (χ0) is 22.0. The minimum atomic E-state index is -0.504. The molecule has 154 valence electrons. The zero-order valence-electron chi connectivity index (χ0n) is 17.1. The average molecular weight is 429 g/mol. The van der Waals surface area contributed by atoms with Crippen molar-refractivity contribution in [3.63, 3.8) is 0 Å². The Hall–Kier alpha value is -3.77. The fourth-order valence-corrected chi connectivity index (χ4v) is 3.53. The second kappa shape index (κ2) is 8.53. The van der Waals surface area contributed by atoms with Gasteiger partial charge in [-0.15, -0.1) is 0 Å². The van der Waals surface area contributed by atoms with Crippen LogP contribution in [0.1, 0.15) is 16.7 Å². The smallest absolute Gasteiger partial charge is 0.270 e. The molecule has 0 bridgehead atoms. The number of nitrogens with zero attached hydrogens (tertiary/aromatic N) is 1. The molecule has 1 fully saturated rings. The number of benzene rings is 3. The monoisotopic (exact) mass is 428 g/mol. The number of carbonyl (C=O) groups excluding carboxylic acids is 2. The zero-order valence-corrected chi connectivity index (χ0v) is 17.9. The molecule has 0 aliphatic carbocycles. The van der Waals surface area contributed by atoms with E-state index in [-0.39, 0.29) is 10.7 Å². The van der Waals surface area contributed by atoms with Gasteiger partial charge in [0.2, 0.25) is 0 Å². The minimum Gasteiger partial charge on any atom is -0.457 e. The first-order valence-electron chi connectivity index (χ1n) is 9.74. The van der Waals surface area contributed by atoms with Crippen LogP contribution in [0.15, 0.2) is 78.4 Å². The molecule has 5 nitrogen and oxygen atoms in total. The van der Waals surface area contributed by atoms with Crippen molar-refractivity contribution in [2.75, 3.05) is 4.90 Å². The van der Waals surface area contributed by atoms with E-state index in [1.54, 1.807) is 30.3 Å². The molecule has 3 aromatic rings. The number of aryl methyl sites for hydroxylation is 2. The van der Waals surface area contributed by atoms with Gasteiger partial charge in [0.15, 0.2) is 5.11 Å². The van der Waals surface area contributed by atoms with Crippen LogP contribution in [0.2, 0.25) is 0 Å². The molecule has 3 aromatic carbocycles. The SMILES string of the molecule is Cc1ccc(C)c(C=C2C(=O)NC(=S)N(c3ccc(Oc4ccccc4)cc3)C2=O)c1. The van der Waals surface area contributed by atoms with Gasteiger partial charge in [0.1, 0.15) is 17.1 Å². The molecule has 2 amide bonds. The third kappa shape index (κ3) is 4.39. The van der Waals surface area contributed by atoms with Gasteiger partial charge in [0.05, 0.1) is 5.69 Å². The Balaban J connectivity index is 1.62. The first kappa shape index (κ1) is 20.5. The van der Waals surface area contributed by atoms with Crippen molar-refractivity contribution in [2.45, 2.75) is 13.8 Å². The molecule has 1 aliphatic heterocycles. The molecule has 0 saturated carbocycles. The van der Waals surface area contributed by atoms with Crippen molar-refractivity contribution in [3.05, 3.63) is 95.1 Å². The highest BCUT2D eigenvalue weighted by atomic mass is 32.1. The molecular formula is C25H20N2O3S. The summed E-state index contributed by atoms with van der Waals surface area (Å²) >= 11 is 5.28. The molecule has 0 atom stereocenters. The van der Waals surface area contributed by atoms with Crippen LogP contribution in [-0.2, 0) is 9.59 Å². The Labute approximate surface area is 186 Å². The minimum absolute atomic E-state index is 0.0342. The normalized spacial score (nSPS) is 15.2. The van der Waals surface area contributed by atoms with Gasteiger partial charge in [-0.2, -0.15) is 0 Å². The summed E-state index contributed by atoms with van der Waals surface area (Å²) in [5, 5.41) is 2.66. The number of amides is 2. The number of rotatable bonds is 4. The van der Waals surface area contributed by atoms with Gasteiger partial charge >= 0.3 is 0 Å². The van der Waals surface area contributed by atoms with Crippen LogP contribution in [0.5, 0.6) is 11.5 Å². The lowest BCUT2D eigenvalue weighted by Crippen LogP contribution is -2.54. The van der Waals surface area contributed by atoms with Crippen LogP contribution in [0.4, 0.5) is 5.69 Å². The van der Waals surface area contributed by atoms with E-state index in [4.69, 9.17) is 17.0 Å². The Morgan fingerprint density at radius 2 is 1.58 bits per heavy atom. The van der Waals surface area contributed by atoms with Crippen LogP contribution in [0.3, 0.4) is 0 Å². The van der Waals surface area contributed by atoms with Crippen LogP contribution in [0, 0.1) is 13.8 Å². The van der Waals surface area contributed by atoms with Crippen molar-refractivity contribution in [1.82, 2.24) is 5.32 Å². The maximum absolute atomic E-state index is 13.2. The molecule has 0 aromatic heterocycles. The fraction of sp³-hybridized carbons (Fsp3) is 0.0800. The number of thiocarbonyl (C=S) groups is 1. The summed E-state index contributed by atoms with van der Waals surface area (Å²) in [4.78, 5) is 27.0. The summed E-state index contributed by atoms with van der Waals surface area (Å²) in [6.45, 7) is 3.90. The first-order valence-corrected chi connectivity index (χ1v) is 10.1. The van der Waals surface area contributed by atoms with Gasteiger partial charge in [-0.25, -0.2) is 0 Å². The quantitative estimate of drug-likeness (QED) is 0.364. The van der Waals surface area contributed by atoms with Crippen molar-refractivity contribution in [1.29, 1.82) is 0 Å². The van der Waals surface area contributed by atoms with E-state index >= 15 is 0 Å². The lowest BCUT2D eigenvalue weighted by Gasteiger charge is -2.29. The number of hydrogen-bond acceptors (Lipinski definition) is 4. The first-order chi connectivity index (χ1) is 14.9. The van der Waals surface area contributed by atoms with Crippen molar-refractivity contribution < 1.29 is 14.3 Å². The van der Waals surface area contributed by atoms with Crippen molar-refractivity contribution in [3.8, 4) is 11.5 Å². The number of nitrogens with one attached hydrogen (secondary N) is 1. The van der Waals surface area contributed by atoms with Gasteiger partial charge < -0.3 is 4.74 Å². The second-order valence-electron chi connectivity index (χ2n) is 7.23. The summed E-state index contributed by atoms with van der Waals surface area (Å²) in [6.07, 6.45) is 1.61. The van der Waals surface area contributed by atoms with Crippen molar-refractivity contribution >= 4 is 40.9 Å². The standard InChI is InChI=1S/C25H20N2O3S/c1-16-8-9-17(2)18(14-16)15-22-23(28)26-25(31)27(24(22)29)19-10-12-21(13-11-19)30-20-6-4-3-5-7-20/h3-15H,1-2H3,(H,26,28,31). The third-order valence-corrected chi connectivity index (χ3v) is 5.19. The second-order valence-corrected chi connectivity index (χ2v) is 7.61. The molecule has 1 aliphatic rings. The predicted octanol–water partition coefficient (Wildman–Crippen LogP) is 4.93. The van der Waals surface area contributed by atoms with Crippen LogP contribution in [0.25, 0.3) is 6.08 Å². The Kier molecular flexibility index (Phi) is 5.64. The number of para-hydroxylation sites is 1. The molecule has 1 saturated heterocycles. The van der Waals surface area contributed by atoms with Crippen LogP contribution in [-0.4, -0.2) is 16.9 Å². The van der Waals surface area contributed by atoms with E-state index < -0.39 is 11.8 Å². The summed E-state index contributed by atoms with van der Waals surface area (Å²) in [6, 6.07) is 22.3. The Morgan fingerprint density at radius 1 is 0.903 bits per heavy atom. The van der Waals surface area contributed by atoms with Crippen LogP contribution >= 0.6 is 12.2 Å². The Morgan fingerprint density at radius 3 is 2.29 bits per heavy atom. The number of hydrogen-bond donors (Lipinski definition) is 1. The van der Waals surface area contributed by atoms with Gasteiger partial charge in [-0.05, 0) is 79.7 Å². The summed E-state index contributed by atoms with van der Waals surface area (Å²) in [5.41, 5.74) is 3.41. The molecular weight excluding hydrogens is 408 g/mol. The molecule has 1 N–H and O–H groups in total. The number of ether oxygens (including phenoxy) is 1. The predicted molar refractivity (Wildman–Crippen MR) is 125 cm³/mol. The van der Waals surface area contributed by atoms with E-state index in [2.05, 4.69) is 5.32 Å². The highest BCUT2D eigenvalue weighted by Gasteiger charge is 2.34. The summed E-state index contributed by atoms with van der Waals surface area (Å²) < 4.78 is 5.80. The molecule has 0 unspecified atom stereocenters. The highest BCUT2D eigenvalue weighted by Crippen LogP contribution is 2.27. The number of carbonyl (C=O) groups is 2. The van der Waals surface area contributed by atoms with Gasteiger partial charge in [-0.1, -0.05) is 42.0 Å². The Bertz CT molecular complexity index is 1200. The summed E-state index contributed by atoms with van der Waals surface area (Å²) in [7, 11) is 0. The largest absolute Gasteiger partial charge is 0.457 e. The molecule has 0 radical (unpaired) electrons. The highest BCUT2D eigenvalue weighted by molar-refractivity contribution is 7.80. The van der Waals surface area contributed by atoms with Crippen molar-refractivity contribution in [2.24, 2.45) is 0 Å². The molecule has 4 rings (SSSR count). The van der Waals surface area contributed by atoms with Gasteiger partial charge in [-0.3, -0.25) is 19.8 Å². The lowest BCUT2D eigenvalue weighted by molar-refractivity contribution is -0.122. The van der Waals surface area contributed by atoms with E-state index in [1.165, 1.54) is 4.90 Å². The van der Waals surface area contributed by atoms with E-state index in [1.807, 2.05) is 62.4 Å². The maximum Gasteiger partial charge on any atom is 0.270 e. The average Bonchev–Trinajstić information content (AvgIpc) is 2.75. The molecule has 1 heterocycles. The van der Waals surface area contributed by atoms with E-state index in [0.717, 1.165) is 16.7 Å². The fourth-order valence-electron chi connectivity index (χ4n) is 3.25. The lowest BCUT2D eigenvalue weighted by atomic mass is 10.0.